The zero-order valence-electron chi connectivity index (χ0n) is 17.1. The molecule has 10 nitrogen and oxygen atoms in total. The standard InChI is InChI=1S/C21H23N5O5/c1-15-2-5-20(31-15)19(24-8-10-30-11-9-24)13-23-21(27)16-3-4-17(18(12-16)26(28)29)25-7-6-22-14-25/h2-7,12,14,19H,8-11,13H2,1H3,(H,23,27). The number of ether oxygens (including phenoxy) is 1. The lowest BCUT2D eigenvalue weighted by Crippen LogP contribution is -2.43. The van der Waals surface area contributed by atoms with Crippen molar-refractivity contribution in [2.75, 3.05) is 32.8 Å². The molecule has 162 valence electrons. The van der Waals surface area contributed by atoms with Crippen LogP contribution < -0.4 is 5.32 Å². The van der Waals surface area contributed by atoms with E-state index < -0.39 is 4.92 Å². The van der Waals surface area contributed by atoms with E-state index in [-0.39, 0.29) is 23.2 Å². The Kier molecular flexibility index (Phi) is 6.10. The van der Waals surface area contributed by atoms with Crippen molar-refractivity contribution in [1.29, 1.82) is 0 Å². The first-order valence-electron chi connectivity index (χ1n) is 9.96. The van der Waals surface area contributed by atoms with E-state index in [4.69, 9.17) is 9.15 Å². The second-order valence-corrected chi connectivity index (χ2v) is 7.25. The number of benzene rings is 1. The van der Waals surface area contributed by atoms with Crippen molar-refractivity contribution in [2.24, 2.45) is 0 Å². The monoisotopic (exact) mass is 425 g/mol. The quantitative estimate of drug-likeness (QED) is 0.457. The fraction of sp³-hybridized carbons (Fsp3) is 0.333. The van der Waals surface area contributed by atoms with Crippen LogP contribution in [-0.4, -0.2) is 58.1 Å². The van der Waals surface area contributed by atoms with E-state index in [2.05, 4.69) is 15.2 Å². The van der Waals surface area contributed by atoms with Gasteiger partial charge in [0.2, 0.25) is 0 Å². The molecule has 3 heterocycles. The Morgan fingerprint density at radius 3 is 2.74 bits per heavy atom. The Bertz CT molecular complexity index is 1060. The van der Waals surface area contributed by atoms with Crippen molar-refractivity contribution in [3.05, 3.63) is 76.3 Å². The number of hydrogen-bond acceptors (Lipinski definition) is 7. The van der Waals surface area contributed by atoms with Gasteiger partial charge in [-0.2, -0.15) is 0 Å². The number of hydrogen-bond donors (Lipinski definition) is 1. The van der Waals surface area contributed by atoms with Gasteiger partial charge in [0.05, 0.1) is 30.5 Å². The number of nitro groups is 1. The summed E-state index contributed by atoms with van der Waals surface area (Å²) < 4.78 is 12.8. The van der Waals surface area contributed by atoms with Gasteiger partial charge in [-0.05, 0) is 31.2 Å². The van der Waals surface area contributed by atoms with Gasteiger partial charge in [0, 0.05) is 43.7 Å². The number of amides is 1. The first-order chi connectivity index (χ1) is 15.0. The molecular formula is C21H23N5O5. The molecule has 0 spiro atoms. The van der Waals surface area contributed by atoms with Gasteiger partial charge in [-0.25, -0.2) is 4.98 Å². The average molecular weight is 425 g/mol. The van der Waals surface area contributed by atoms with Crippen LogP contribution in [0.15, 0.2) is 53.5 Å². The van der Waals surface area contributed by atoms with Crippen LogP contribution >= 0.6 is 0 Å². The summed E-state index contributed by atoms with van der Waals surface area (Å²) in [5.41, 5.74) is 0.389. The maximum atomic E-state index is 12.8. The van der Waals surface area contributed by atoms with E-state index in [0.717, 1.165) is 24.6 Å². The number of aryl methyl sites for hydroxylation is 1. The van der Waals surface area contributed by atoms with Crippen molar-refractivity contribution in [3.8, 4) is 5.69 Å². The van der Waals surface area contributed by atoms with Crippen LogP contribution in [0.4, 0.5) is 5.69 Å². The van der Waals surface area contributed by atoms with E-state index in [0.29, 0.717) is 25.4 Å². The molecule has 1 saturated heterocycles. The molecule has 0 radical (unpaired) electrons. The van der Waals surface area contributed by atoms with Crippen molar-refractivity contribution in [2.45, 2.75) is 13.0 Å². The molecule has 10 heteroatoms. The number of carbonyl (C=O) groups is 1. The van der Waals surface area contributed by atoms with E-state index in [9.17, 15) is 14.9 Å². The predicted molar refractivity (Wildman–Crippen MR) is 111 cm³/mol. The molecule has 0 saturated carbocycles. The molecule has 4 rings (SSSR count). The summed E-state index contributed by atoms with van der Waals surface area (Å²) in [5.74, 6) is 1.17. The van der Waals surface area contributed by atoms with Crippen LogP contribution in [0, 0.1) is 17.0 Å². The number of morpholine rings is 1. The largest absolute Gasteiger partial charge is 0.465 e. The highest BCUT2D eigenvalue weighted by Gasteiger charge is 2.26. The lowest BCUT2D eigenvalue weighted by atomic mass is 10.1. The summed E-state index contributed by atoms with van der Waals surface area (Å²) in [6, 6.07) is 8.05. The number of nitrogens with one attached hydrogen (secondary N) is 1. The van der Waals surface area contributed by atoms with Crippen LogP contribution in [0.3, 0.4) is 0 Å². The first kappa shape index (κ1) is 20.8. The van der Waals surface area contributed by atoms with Gasteiger partial charge in [-0.1, -0.05) is 0 Å². The first-order valence-corrected chi connectivity index (χ1v) is 9.96. The zero-order chi connectivity index (χ0) is 21.8. The van der Waals surface area contributed by atoms with Gasteiger partial charge in [-0.3, -0.25) is 19.8 Å². The summed E-state index contributed by atoms with van der Waals surface area (Å²) in [4.78, 5) is 30.0. The number of nitrogens with zero attached hydrogens (tertiary/aromatic N) is 4. The van der Waals surface area contributed by atoms with Gasteiger partial charge in [0.25, 0.3) is 11.6 Å². The van der Waals surface area contributed by atoms with Gasteiger partial charge < -0.3 is 19.0 Å². The minimum atomic E-state index is -0.506. The third-order valence-corrected chi connectivity index (χ3v) is 5.25. The molecule has 0 aliphatic carbocycles. The Morgan fingerprint density at radius 1 is 1.29 bits per heavy atom. The van der Waals surface area contributed by atoms with E-state index >= 15 is 0 Å². The molecular weight excluding hydrogens is 402 g/mol. The molecule has 1 N–H and O–H groups in total. The minimum absolute atomic E-state index is 0.151. The fourth-order valence-electron chi connectivity index (χ4n) is 3.65. The number of imidazole rings is 1. The molecule has 1 unspecified atom stereocenters. The molecule has 1 aromatic carbocycles. The van der Waals surface area contributed by atoms with Crippen molar-refractivity contribution in [1.82, 2.24) is 19.8 Å². The van der Waals surface area contributed by atoms with Crippen molar-refractivity contribution < 1.29 is 18.9 Å². The topological polar surface area (TPSA) is 116 Å². The summed E-state index contributed by atoms with van der Waals surface area (Å²) in [5, 5.41) is 14.5. The maximum absolute atomic E-state index is 12.8. The lowest BCUT2D eigenvalue weighted by molar-refractivity contribution is -0.384. The molecule has 1 atom stereocenters. The smallest absolute Gasteiger partial charge is 0.294 e. The third-order valence-electron chi connectivity index (χ3n) is 5.25. The van der Waals surface area contributed by atoms with Crippen LogP contribution in [0.25, 0.3) is 5.69 Å². The van der Waals surface area contributed by atoms with Gasteiger partial charge in [0.1, 0.15) is 17.2 Å². The number of furan rings is 1. The van der Waals surface area contributed by atoms with E-state index in [1.807, 2.05) is 19.1 Å². The molecule has 31 heavy (non-hydrogen) atoms. The second kappa shape index (κ2) is 9.11. The molecule has 0 bridgehead atoms. The Hall–Kier alpha value is -3.50. The molecule has 1 aliphatic rings. The zero-order valence-corrected chi connectivity index (χ0v) is 17.1. The predicted octanol–water partition coefficient (Wildman–Crippen LogP) is 2.49. The maximum Gasteiger partial charge on any atom is 0.294 e. The van der Waals surface area contributed by atoms with Crippen LogP contribution in [0.2, 0.25) is 0 Å². The van der Waals surface area contributed by atoms with Gasteiger partial charge in [0.15, 0.2) is 0 Å². The van der Waals surface area contributed by atoms with Gasteiger partial charge >= 0.3 is 0 Å². The third kappa shape index (κ3) is 4.65. The SMILES string of the molecule is Cc1ccc(C(CNC(=O)c2ccc(-n3ccnc3)c([N+](=O)[O-])c2)N2CCOCC2)o1. The Labute approximate surface area is 178 Å². The highest BCUT2D eigenvalue weighted by Crippen LogP contribution is 2.26. The van der Waals surface area contributed by atoms with E-state index in [1.54, 1.807) is 18.3 Å². The summed E-state index contributed by atoms with van der Waals surface area (Å²) in [7, 11) is 0. The molecule has 1 aliphatic heterocycles. The van der Waals surface area contributed by atoms with Gasteiger partial charge in [-0.15, -0.1) is 0 Å². The number of aromatic nitrogens is 2. The fourth-order valence-corrected chi connectivity index (χ4v) is 3.65. The van der Waals surface area contributed by atoms with Crippen LogP contribution in [0.1, 0.15) is 27.9 Å². The lowest BCUT2D eigenvalue weighted by Gasteiger charge is -2.33. The Morgan fingerprint density at radius 2 is 2.10 bits per heavy atom. The highest BCUT2D eigenvalue weighted by molar-refractivity contribution is 5.95. The summed E-state index contributed by atoms with van der Waals surface area (Å²) >= 11 is 0. The highest BCUT2D eigenvalue weighted by atomic mass is 16.6. The molecule has 2 aromatic heterocycles. The van der Waals surface area contributed by atoms with E-state index in [1.165, 1.54) is 23.2 Å². The average Bonchev–Trinajstić information content (AvgIpc) is 3.46. The van der Waals surface area contributed by atoms with Crippen molar-refractivity contribution in [3.63, 3.8) is 0 Å². The number of carbonyl (C=O) groups excluding carboxylic acids is 1. The summed E-state index contributed by atoms with van der Waals surface area (Å²) in [6.07, 6.45) is 4.62. The van der Waals surface area contributed by atoms with Crippen LogP contribution in [-0.2, 0) is 4.74 Å². The number of nitro benzene ring substituents is 1. The summed E-state index contributed by atoms with van der Waals surface area (Å²) in [6.45, 7) is 4.87. The van der Waals surface area contributed by atoms with Crippen LogP contribution in [0.5, 0.6) is 0 Å². The molecule has 1 amide bonds. The second-order valence-electron chi connectivity index (χ2n) is 7.25. The Balaban J connectivity index is 1.52. The minimum Gasteiger partial charge on any atom is -0.465 e. The molecule has 3 aromatic rings. The van der Waals surface area contributed by atoms with Crippen molar-refractivity contribution >= 4 is 11.6 Å². The number of rotatable bonds is 7. The molecule has 1 fully saturated rings. The normalized spacial score (nSPS) is 15.5.